The Hall–Kier alpha value is -1.88. The van der Waals surface area contributed by atoms with Crippen LogP contribution in [0.25, 0.3) is 0 Å². The largest absolute Gasteiger partial charge is 0.367 e. The van der Waals surface area contributed by atoms with Gasteiger partial charge in [-0.05, 0) is 13.5 Å². The highest BCUT2D eigenvalue weighted by atomic mass is 16.1. The zero-order chi connectivity index (χ0) is 13.0. The fourth-order valence-electron chi connectivity index (χ4n) is 2.05. The predicted molar refractivity (Wildman–Crippen MR) is 70.5 cm³/mol. The summed E-state index contributed by atoms with van der Waals surface area (Å²) in [4.78, 5) is 19.3. The maximum atomic E-state index is 11.9. The summed E-state index contributed by atoms with van der Waals surface area (Å²) in [6.07, 6.45) is 7.07. The van der Waals surface area contributed by atoms with Gasteiger partial charge in [0.05, 0.1) is 6.04 Å². The molecule has 0 saturated heterocycles. The van der Waals surface area contributed by atoms with E-state index >= 15 is 0 Å². The molecule has 5 nitrogen and oxygen atoms in total. The van der Waals surface area contributed by atoms with Crippen LogP contribution in [-0.4, -0.2) is 21.1 Å². The molecule has 0 aliphatic rings. The Morgan fingerprint density at radius 2 is 2.33 bits per heavy atom. The number of aromatic amines is 1. The number of aromatic nitrogens is 3. The Kier molecular flexibility index (Phi) is 3.94. The molecule has 1 atom stereocenters. The van der Waals surface area contributed by atoms with E-state index in [-0.39, 0.29) is 11.5 Å². The summed E-state index contributed by atoms with van der Waals surface area (Å²) in [5.41, 5.74) is 0.714. The number of hydrogen-bond acceptors (Lipinski definition) is 3. The van der Waals surface area contributed by atoms with Gasteiger partial charge >= 0.3 is 0 Å². The topological polar surface area (TPSA) is 62.7 Å². The highest BCUT2D eigenvalue weighted by Crippen LogP contribution is 2.17. The number of pyridine rings is 1. The lowest BCUT2D eigenvalue weighted by atomic mass is 10.1. The molecular weight excluding hydrogens is 228 g/mol. The fraction of sp³-hybridized carbons (Fsp3) is 0.385. The molecule has 0 aliphatic heterocycles. The molecule has 5 heteroatoms. The van der Waals surface area contributed by atoms with E-state index in [1.54, 1.807) is 24.7 Å². The Balaban J connectivity index is 2.47. The second-order valence-electron chi connectivity index (χ2n) is 4.03. The summed E-state index contributed by atoms with van der Waals surface area (Å²) < 4.78 is 2.04. The van der Waals surface area contributed by atoms with Gasteiger partial charge in [0, 0.05) is 43.0 Å². The van der Waals surface area contributed by atoms with Crippen molar-refractivity contribution in [3.05, 3.63) is 52.5 Å². The summed E-state index contributed by atoms with van der Waals surface area (Å²) in [5, 5.41) is 3.31. The van der Waals surface area contributed by atoms with Crippen LogP contribution in [0.2, 0.25) is 0 Å². The Labute approximate surface area is 106 Å². The lowest BCUT2D eigenvalue weighted by Crippen LogP contribution is -2.29. The highest BCUT2D eigenvalue weighted by Gasteiger charge is 2.20. The fourth-order valence-corrected chi connectivity index (χ4v) is 2.05. The third kappa shape index (κ3) is 2.36. The van der Waals surface area contributed by atoms with Crippen molar-refractivity contribution in [1.82, 2.24) is 19.9 Å². The standard InChI is InChI=1S/C13H18N4O/c1-3-15-12(10-9-14-6-5-11(10)18)13-16-7-8-17(13)4-2/h5-9,12,15H,3-4H2,1-2H3,(H,14,18). The van der Waals surface area contributed by atoms with Crippen molar-refractivity contribution in [2.45, 2.75) is 26.4 Å². The summed E-state index contributed by atoms with van der Waals surface area (Å²) in [7, 11) is 0. The van der Waals surface area contributed by atoms with Gasteiger partial charge in [0.25, 0.3) is 0 Å². The van der Waals surface area contributed by atoms with Crippen LogP contribution < -0.4 is 10.7 Å². The van der Waals surface area contributed by atoms with Crippen LogP contribution in [0.4, 0.5) is 0 Å². The van der Waals surface area contributed by atoms with Crippen molar-refractivity contribution in [3.63, 3.8) is 0 Å². The molecule has 2 rings (SSSR count). The van der Waals surface area contributed by atoms with Crippen LogP contribution >= 0.6 is 0 Å². The van der Waals surface area contributed by atoms with Gasteiger partial charge in [-0.25, -0.2) is 4.98 Å². The molecule has 2 aromatic rings. The van der Waals surface area contributed by atoms with E-state index in [1.165, 1.54) is 0 Å². The van der Waals surface area contributed by atoms with Crippen molar-refractivity contribution in [3.8, 4) is 0 Å². The molecule has 2 aromatic heterocycles. The maximum absolute atomic E-state index is 11.9. The van der Waals surface area contributed by atoms with Crippen LogP contribution in [0.15, 0.2) is 35.6 Å². The number of aryl methyl sites for hydroxylation is 1. The first-order valence-electron chi connectivity index (χ1n) is 6.19. The second-order valence-corrected chi connectivity index (χ2v) is 4.03. The molecule has 0 saturated carbocycles. The number of rotatable bonds is 5. The summed E-state index contributed by atoms with van der Waals surface area (Å²) in [5.74, 6) is 0.871. The Morgan fingerprint density at radius 3 is 3.00 bits per heavy atom. The van der Waals surface area contributed by atoms with Gasteiger partial charge in [0.1, 0.15) is 5.82 Å². The predicted octanol–water partition coefficient (Wildman–Crippen LogP) is 1.29. The highest BCUT2D eigenvalue weighted by molar-refractivity contribution is 5.22. The van der Waals surface area contributed by atoms with Gasteiger partial charge in [0.2, 0.25) is 0 Å². The van der Waals surface area contributed by atoms with Gasteiger partial charge in [-0.3, -0.25) is 4.79 Å². The van der Waals surface area contributed by atoms with Crippen LogP contribution in [0.3, 0.4) is 0 Å². The number of hydrogen-bond donors (Lipinski definition) is 2. The average Bonchev–Trinajstić information content (AvgIpc) is 2.85. The van der Waals surface area contributed by atoms with Gasteiger partial charge in [0.15, 0.2) is 5.43 Å². The van der Waals surface area contributed by atoms with Crippen LogP contribution in [0.5, 0.6) is 0 Å². The first kappa shape index (κ1) is 12.6. The van der Waals surface area contributed by atoms with Crippen molar-refractivity contribution in [1.29, 1.82) is 0 Å². The second kappa shape index (κ2) is 5.64. The Bertz CT molecular complexity index is 558. The minimum absolute atomic E-state index is 0.0188. The van der Waals surface area contributed by atoms with Crippen molar-refractivity contribution >= 4 is 0 Å². The first-order valence-corrected chi connectivity index (χ1v) is 6.19. The van der Waals surface area contributed by atoms with Crippen LogP contribution in [0, 0.1) is 0 Å². The van der Waals surface area contributed by atoms with Gasteiger partial charge in [-0.1, -0.05) is 6.92 Å². The van der Waals surface area contributed by atoms with Crippen molar-refractivity contribution in [2.75, 3.05) is 6.54 Å². The molecule has 2 heterocycles. The smallest absolute Gasteiger partial charge is 0.186 e. The number of nitrogens with zero attached hydrogens (tertiary/aromatic N) is 2. The minimum Gasteiger partial charge on any atom is -0.367 e. The number of imidazole rings is 1. The van der Waals surface area contributed by atoms with E-state index in [2.05, 4.69) is 22.2 Å². The maximum Gasteiger partial charge on any atom is 0.186 e. The van der Waals surface area contributed by atoms with E-state index in [0.717, 1.165) is 18.9 Å². The monoisotopic (exact) mass is 246 g/mol. The molecule has 0 aromatic carbocycles. The molecule has 96 valence electrons. The summed E-state index contributed by atoms with van der Waals surface area (Å²) >= 11 is 0. The molecule has 0 aliphatic carbocycles. The molecule has 18 heavy (non-hydrogen) atoms. The number of nitrogens with one attached hydrogen (secondary N) is 2. The minimum atomic E-state index is -0.171. The summed E-state index contributed by atoms with van der Waals surface area (Å²) in [6, 6.07) is 1.37. The molecule has 0 bridgehead atoms. The molecule has 1 unspecified atom stereocenters. The van der Waals surface area contributed by atoms with Crippen molar-refractivity contribution < 1.29 is 0 Å². The van der Waals surface area contributed by atoms with Gasteiger partial charge in [-0.15, -0.1) is 0 Å². The zero-order valence-electron chi connectivity index (χ0n) is 10.7. The van der Waals surface area contributed by atoms with E-state index in [1.807, 2.05) is 17.7 Å². The first-order chi connectivity index (χ1) is 8.77. The lowest BCUT2D eigenvalue weighted by molar-refractivity contribution is 0.555. The van der Waals surface area contributed by atoms with E-state index in [0.29, 0.717) is 5.56 Å². The van der Waals surface area contributed by atoms with Crippen LogP contribution in [0.1, 0.15) is 31.3 Å². The normalized spacial score (nSPS) is 12.6. The van der Waals surface area contributed by atoms with Gasteiger partial charge < -0.3 is 14.9 Å². The third-order valence-corrected chi connectivity index (χ3v) is 2.92. The lowest BCUT2D eigenvalue weighted by Gasteiger charge is -2.18. The molecule has 0 radical (unpaired) electrons. The van der Waals surface area contributed by atoms with Crippen LogP contribution in [-0.2, 0) is 6.54 Å². The van der Waals surface area contributed by atoms with E-state index < -0.39 is 0 Å². The zero-order valence-corrected chi connectivity index (χ0v) is 10.7. The Morgan fingerprint density at radius 1 is 1.50 bits per heavy atom. The van der Waals surface area contributed by atoms with E-state index in [4.69, 9.17) is 0 Å². The molecule has 0 fully saturated rings. The molecule has 2 N–H and O–H groups in total. The van der Waals surface area contributed by atoms with E-state index in [9.17, 15) is 4.79 Å². The third-order valence-electron chi connectivity index (χ3n) is 2.92. The van der Waals surface area contributed by atoms with Crippen molar-refractivity contribution in [2.24, 2.45) is 0 Å². The molecule has 0 amide bonds. The molecule has 0 spiro atoms. The average molecular weight is 246 g/mol. The SMILES string of the molecule is CCNC(c1c[nH]ccc1=O)c1nccn1CC. The quantitative estimate of drug-likeness (QED) is 0.835. The van der Waals surface area contributed by atoms with Gasteiger partial charge in [-0.2, -0.15) is 0 Å². The summed E-state index contributed by atoms with van der Waals surface area (Å²) in [6.45, 7) is 5.68. The number of H-pyrrole nitrogens is 1. The molecular formula is C13H18N4O.